The lowest BCUT2D eigenvalue weighted by Crippen LogP contribution is -1.90. The molecule has 1 aromatic heterocycles. The molecule has 0 atom stereocenters. The maximum absolute atomic E-state index is 6.08. The first-order valence-electron chi connectivity index (χ1n) is 6.13. The zero-order chi connectivity index (χ0) is 13.4. The molecule has 0 fully saturated rings. The van der Waals surface area contributed by atoms with Crippen LogP contribution in [0.5, 0.6) is 10.8 Å². The van der Waals surface area contributed by atoms with Crippen molar-refractivity contribution in [3.8, 4) is 10.8 Å². The van der Waals surface area contributed by atoms with E-state index < -0.39 is 0 Å². The van der Waals surface area contributed by atoms with Crippen molar-refractivity contribution in [1.82, 2.24) is 0 Å². The van der Waals surface area contributed by atoms with Gasteiger partial charge in [-0.1, -0.05) is 29.5 Å². The van der Waals surface area contributed by atoms with Crippen LogP contribution in [-0.2, 0) is 12.6 Å². The number of fused-ring (bicyclic) bond motifs is 1. The highest BCUT2D eigenvalue weighted by atomic mass is 32.1. The van der Waals surface area contributed by atoms with Gasteiger partial charge in [-0.2, -0.15) is 0 Å². The Labute approximate surface area is 122 Å². The molecule has 0 aliphatic rings. The minimum absolute atomic E-state index is 0.939. The molecule has 19 heavy (non-hydrogen) atoms. The average Bonchev–Trinajstić information content (AvgIpc) is 2.76. The molecule has 2 aromatic carbocycles. The molecule has 0 spiro atoms. The molecular weight excluding hydrogens is 272 g/mol. The molecular formula is C16H15OS2+. The second kappa shape index (κ2) is 4.91. The highest BCUT2D eigenvalue weighted by Crippen LogP contribution is 2.37. The summed E-state index contributed by atoms with van der Waals surface area (Å²) in [4.78, 5) is 1.08. The van der Waals surface area contributed by atoms with Gasteiger partial charge in [-0.3, -0.25) is 0 Å². The third-order valence-corrected chi connectivity index (χ3v) is 4.35. The van der Waals surface area contributed by atoms with Crippen LogP contribution in [-0.4, -0.2) is 0 Å². The molecule has 0 bridgehead atoms. The van der Waals surface area contributed by atoms with Gasteiger partial charge in [0, 0.05) is 10.8 Å². The molecule has 0 aliphatic heterocycles. The highest BCUT2D eigenvalue weighted by molar-refractivity contribution is 7.58. The maximum Gasteiger partial charge on any atom is 0.182 e. The molecule has 0 N–H and O–H groups in total. The Morgan fingerprint density at radius 2 is 1.68 bits per heavy atom. The summed E-state index contributed by atoms with van der Waals surface area (Å²) in [6.45, 7) is 4.14. The Bertz CT molecular complexity index is 687. The SMILES string of the molecule is Cc1cc([SH2+])cc(C)c1Oc1cc2ccccc2s1. The van der Waals surface area contributed by atoms with Gasteiger partial charge in [-0.05, 0) is 61.2 Å². The Balaban J connectivity index is 2.01. The normalized spacial score (nSPS) is 10.9. The van der Waals surface area contributed by atoms with Crippen LogP contribution in [0, 0.1) is 13.8 Å². The van der Waals surface area contributed by atoms with Crippen LogP contribution in [0.25, 0.3) is 10.1 Å². The van der Waals surface area contributed by atoms with E-state index in [1.807, 2.05) is 0 Å². The molecule has 0 radical (unpaired) electrons. The van der Waals surface area contributed by atoms with Crippen LogP contribution in [0.2, 0.25) is 0 Å². The van der Waals surface area contributed by atoms with Gasteiger partial charge in [0.25, 0.3) is 0 Å². The topological polar surface area (TPSA) is 9.23 Å². The molecule has 96 valence electrons. The van der Waals surface area contributed by atoms with E-state index in [1.165, 1.54) is 10.1 Å². The van der Waals surface area contributed by atoms with Crippen molar-refractivity contribution in [3.63, 3.8) is 0 Å². The summed E-state index contributed by atoms with van der Waals surface area (Å²) in [5, 5.41) is 2.17. The monoisotopic (exact) mass is 287 g/mol. The van der Waals surface area contributed by atoms with E-state index in [0.717, 1.165) is 26.8 Å². The van der Waals surface area contributed by atoms with Crippen molar-refractivity contribution in [1.29, 1.82) is 0 Å². The Morgan fingerprint density at radius 1 is 1.00 bits per heavy atom. The van der Waals surface area contributed by atoms with Gasteiger partial charge < -0.3 is 4.74 Å². The molecule has 1 nitrogen and oxygen atoms in total. The molecule has 0 amide bonds. The third-order valence-electron chi connectivity index (χ3n) is 3.07. The van der Waals surface area contributed by atoms with Crippen molar-refractivity contribution >= 4 is 34.1 Å². The summed E-state index contributed by atoms with van der Waals surface area (Å²) in [6, 6.07) is 14.6. The number of aryl methyl sites for hydroxylation is 2. The van der Waals surface area contributed by atoms with Gasteiger partial charge in [-0.15, -0.1) is 0 Å². The molecule has 0 unspecified atom stereocenters. The Hall–Kier alpha value is -1.45. The van der Waals surface area contributed by atoms with Crippen LogP contribution in [0.1, 0.15) is 11.1 Å². The number of rotatable bonds is 2. The summed E-state index contributed by atoms with van der Waals surface area (Å²) in [5.41, 5.74) is 2.28. The summed E-state index contributed by atoms with van der Waals surface area (Å²) >= 11 is 5.24. The van der Waals surface area contributed by atoms with Gasteiger partial charge in [0.15, 0.2) is 9.96 Å². The summed E-state index contributed by atoms with van der Waals surface area (Å²) in [6.07, 6.45) is 0. The Morgan fingerprint density at radius 3 is 2.37 bits per heavy atom. The summed E-state index contributed by atoms with van der Waals surface area (Å²) in [5.74, 6) is 0.952. The molecule has 0 saturated carbocycles. The third kappa shape index (κ3) is 2.48. The van der Waals surface area contributed by atoms with E-state index in [-0.39, 0.29) is 0 Å². The van der Waals surface area contributed by atoms with E-state index in [2.05, 4.69) is 68.9 Å². The van der Waals surface area contributed by atoms with E-state index >= 15 is 0 Å². The Kier molecular flexibility index (Phi) is 3.25. The van der Waals surface area contributed by atoms with Crippen LogP contribution in [0.3, 0.4) is 0 Å². The lowest BCUT2D eigenvalue weighted by Gasteiger charge is -2.09. The molecule has 1 heterocycles. The molecule has 3 heteroatoms. The van der Waals surface area contributed by atoms with E-state index in [1.54, 1.807) is 11.3 Å². The van der Waals surface area contributed by atoms with Crippen molar-refractivity contribution < 1.29 is 4.74 Å². The molecule has 0 aliphatic carbocycles. The highest BCUT2D eigenvalue weighted by Gasteiger charge is 2.10. The fourth-order valence-corrected chi connectivity index (χ4v) is 3.57. The maximum atomic E-state index is 6.08. The second-order valence-corrected chi connectivity index (χ2v) is 6.27. The van der Waals surface area contributed by atoms with Crippen LogP contribution in [0.4, 0.5) is 0 Å². The molecule has 0 saturated heterocycles. The lowest BCUT2D eigenvalue weighted by atomic mass is 10.1. The largest absolute Gasteiger partial charge is 0.446 e. The standard InChI is InChI=1S/C16H14OS2/c1-10-7-13(18)8-11(2)16(10)17-15-9-12-5-3-4-6-14(12)19-15/h3-9,18H,1-2H3/p+1. The van der Waals surface area contributed by atoms with Gasteiger partial charge in [-0.25, -0.2) is 0 Å². The first-order chi connectivity index (χ1) is 9.13. The van der Waals surface area contributed by atoms with Crippen LogP contribution >= 0.6 is 11.3 Å². The first kappa shape index (κ1) is 12.6. The van der Waals surface area contributed by atoms with Crippen molar-refractivity contribution in [3.05, 3.63) is 53.6 Å². The van der Waals surface area contributed by atoms with E-state index in [4.69, 9.17) is 4.74 Å². The number of thiophene rings is 1. The molecule has 3 rings (SSSR count). The van der Waals surface area contributed by atoms with Crippen LogP contribution < -0.4 is 4.74 Å². The fraction of sp³-hybridized carbons (Fsp3) is 0.125. The average molecular weight is 287 g/mol. The van der Waals surface area contributed by atoms with Gasteiger partial charge in [0.05, 0.1) is 0 Å². The van der Waals surface area contributed by atoms with Crippen molar-refractivity contribution in [2.24, 2.45) is 0 Å². The predicted octanol–water partition coefficient (Wildman–Crippen LogP) is 4.68. The van der Waals surface area contributed by atoms with Crippen molar-refractivity contribution in [2.45, 2.75) is 18.7 Å². The number of benzene rings is 2. The van der Waals surface area contributed by atoms with Crippen molar-refractivity contribution in [2.75, 3.05) is 0 Å². The minimum Gasteiger partial charge on any atom is -0.446 e. The molecule has 3 aromatic rings. The lowest BCUT2D eigenvalue weighted by molar-refractivity contribution is 0.488. The first-order valence-corrected chi connectivity index (χ1v) is 7.44. The van der Waals surface area contributed by atoms with Crippen LogP contribution in [0.15, 0.2) is 47.4 Å². The number of hydrogen-bond donors (Lipinski definition) is 0. The van der Waals surface area contributed by atoms with E-state index in [9.17, 15) is 0 Å². The van der Waals surface area contributed by atoms with Gasteiger partial charge in [0.1, 0.15) is 5.75 Å². The summed E-state index contributed by atoms with van der Waals surface area (Å²) < 4.78 is 7.33. The zero-order valence-corrected chi connectivity index (χ0v) is 12.7. The summed E-state index contributed by atoms with van der Waals surface area (Å²) in [7, 11) is 0. The smallest absolute Gasteiger partial charge is 0.182 e. The second-order valence-electron chi connectivity index (χ2n) is 4.64. The zero-order valence-electron chi connectivity index (χ0n) is 10.9. The predicted molar refractivity (Wildman–Crippen MR) is 86.2 cm³/mol. The fourth-order valence-electron chi connectivity index (χ4n) is 2.22. The van der Waals surface area contributed by atoms with Gasteiger partial charge >= 0.3 is 0 Å². The number of ether oxygens (including phenoxy) is 1. The minimum atomic E-state index is 0.939. The van der Waals surface area contributed by atoms with Gasteiger partial charge in [0.2, 0.25) is 0 Å². The number of hydrogen-bond acceptors (Lipinski definition) is 2. The van der Waals surface area contributed by atoms with E-state index in [0.29, 0.717) is 0 Å². The quantitative estimate of drug-likeness (QED) is 0.622.